The lowest BCUT2D eigenvalue weighted by molar-refractivity contribution is -0.148. The van der Waals surface area contributed by atoms with Gasteiger partial charge in [-0.05, 0) is 54.4 Å². The SMILES string of the molecule is CC(C)(COc1c(Br)cccc1CCN)C(=O)O. The van der Waals surface area contributed by atoms with Gasteiger partial charge in [-0.3, -0.25) is 4.79 Å². The average molecular weight is 316 g/mol. The Labute approximate surface area is 115 Å². The molecule has 0 radical (unpaired) electrons. The largest absolute Gasteiger partial charge is 0.491 e. The van der Waals surface area contributed by atoms with Crippen molar-refractivity contribution in [1.82, 2.24) is 0 Å². The van der Waals surface area contributed by atoms with Gasteiger partial charge < -0.3 is 15.6 Å². The van der Waals surface area contributed by atoms with Gasteiger partial charge in [-0.2, -0.15) is 0 Å². The Morgan fingerprint density at radius 3 is 2.72 bits per heavy atom. The lowest BCUT2D eigenvalue weighted by atomic mass is 9.95. The maximum atomic E-state index is 11.0. The van der Waals surface area contributed by atoms with E-state index in [0.717, 1.165) is 10.0 Å². The first-order valence-electron chi connectivity index (χ1n) is 5.72. The van der Waals surface area contributed by atoms with Gasteiger partial charge in [0.15, 0.2) is 0 Å². The van der Waals surface area contributed by atoms with Crippen LogP contribution in [0.3, 0.4) is 0 Å². The second-order valence-electron chi connectivity index (χ2n) is 4.74. The molecule has 0 amide bonds. The van der Waals surface area contributed by atoms with Gasteiger partial charge in [0.1, 0.15) is 12.4 Å². The number of rotatable bonds is 6. The van der Waals surface area contributed by atoms with Gasteiger partial charge in [0.2, 0.25) is 0 Å². The molecule has 0 aliphatic rings. The van der Waals surface area contributed by atoms with E-state index in [2.05, 4.69) is 15.9 Å². The normalized spacial score (nSPS) is 11.3. The van der Waals surface area contributed by atoms with Gasteiger partial charge in [0, 0.05) is 0 Å². The lowest BCUT2D eigenvalue weighted by Gasteiger charge is -2.21. The number of ether oxygens (including phenoxy) is 1. The molecule has 0 aliphatic carbocycles. The number of benzene rings is 1. The Bertz CT molecular complexity index is 432. The van der Waals surface area contributed by atoms with E-state index in [9.17, 15) is 4.79 Å². The molecule has 0 spiro atoms. The standard InChI is InChI=1S/C13H18BrNO3/c1-13(2,12(16)17)8-18-11-9(6-7-15)4-3-5-10(11)14/h3-5H,6-8,15H2,1-2H3,(H,16,17). The van der Waals surface area contributed by atoms with E-state index in [4.69, 9.17) is 15.6 Å². The number of hydrogen-bond donors (Lipinski definition) is 2. The maximum Gasteiger partial charge on any atom is 0.312 e. The molecule has 0 heterocycles. The first-order valence-corrected chi connectivity index (χ1v) is 6.51. The van der Waals surface area contributed by atoms with Crippen LogP contribution in [0.1, 0.15) is 19.4 Å². The van der Waals surface area contributed by atoms with Gasteiger partial charge >= 0.3 is 5.97 Å². The van der Waals surface area contributed by atoms with Gasteiger partial charge in [-0.1, -0.05) is 12.1 Å². The number of hydrogen-bond acceptors (Lipinski definition) is 3. The summed E-state index contributed by atoms with van der Waals surface area (Å²) in [5.41, 5.74) is 5.60. The number of para-hydroxylation sites is 1. The number of carbonyl (C=O) groups is 1. The van der Waals surface area contributed by atoms with Gasteiger partial charge in [-0.15, -0.1) is 0 Å². The van der Waals surface area contributed by atoms with Crippen LogP contribution < -0.4 is 10.5 Å². The molecule has 0 saturated heterocycles. The summed E-state index contributed by atoms with van der Waals surface area (Å²) in [7, 11) is 0. The van der Waals surface area contributed by atoms with Crippen molar-refractivity contribution in [2.75, 3.05) is 13.2 Å². The monoisotopic (exact) mass is 315 g/mol. The molecule has 1 aromatic carbocycles. The number of aliphatic carboxylic acids is 1. The fourth-order valence-corrected chi connectivity index (χ4v) is 1.90. The first kappa shape index (κ1) is 15.0. The van der Waals surface area contributed by atoms with Crippen molar-refractivity contribution in [2.24, 2.45) is 11.1 Å². The summed E-state index contributed by atoms with van der Waals surface area (Å²) in [5.74, 6) is -0.202. The second-order valence-corrected chi connectivity index (χ2v) is 5.60. The molecule has 0 bridgehead atoms. The van der Waals surface area contributed by atoms with Crippen LogP contribution in [-0.2, 0) is 11.2 Å². The minimum absolute atomic E-state index is 0.114. The minimum Gasteiger partial charge on any atom is -0.491 e. The van der Waals surface area contributed by atoms with Crippen LogP contribution in [0.5, 0.6) is 5.75 Å². The maximum absolute atomic E-state index is 11.0. The Kier molecular flexibility index (Phi) is 5.16. The predicted octanol–water partition coefficient (Wildman–Crippen LogP) is 2.44. The molecule has 1 rings (SSSR count). The highest BCUT2D eigenvalue weighted by atomic mass is 79.9. The van der Waals surface area contributed by atoms with Crippen molar-refractivity contribution in [3.63, 3.8) is 0 Å². The van der Waals surface area contributed by atoms with E-state index < -0.39 is 11.4 Å². The first-order chi connectivity index (χ1) is 8.38. The Balaban J connectivity index is 2.87. The summed E-state index contributed by atoms with van der Waals surface area (Å²) < 4.78 is 6.48. The number of carboxylic acid groups (broad SMARTS) is 1. The molecule has 0 aromatic heterocycles. The summed E-state index contributed by atoms with van der Waals surface area (Å²) in [6.07, 6.45) is 0.697. The fourth-order valence-electron chi connectivity index (χ4n) is 1.38. The molecular formula is C13H18BrNO3. The van der Waals surface area contributed by atoms with E-state index in [1.165, 1.54) is 0 Å². The molecule has 3 N–H and O–H groups in total. The molecule has 4 nitrogen and oxygen atoms in total. The molecule has 100 valence electrons. The van der Waals surface area contributed by atoms with E-state index in [1.54, 1.807) is 13.8 Å². The number of carboxylic acids is 1. The minimum atomic E-state index is -0.921. The third-order valence-electron chi connectivity index (χ3n) is 2.62. The molecule has 0 fully saturated rings. The van der Waals surface area contributed by atoms with Crippen LogP contribution >= 0.6 is 15.9 Å². The predicted molar refractivity (Wildman–Crippen MR) is 73.8 cm³/mol. The van der Waals surface area contributed by atoms with Crippen LogP contribution in [0, 0.1) is 5.41 Å². The molecule has 0 saturated carbocycles. The Morgan fingerprint density at radius 1 is 1.50 bits per heavy atom. The molecule has 5 heteroatoms. The summed E-state index contributed by atoms with van der Waals surface area (Å²) in [4.78, 5) is 11.0. The van der Waals surface area contributed by atoms with Crippen molar-refractivity contribution < 1.29 is 14.6 Å². The number of halogens is 1. The van der Waals surface area contributed by atoms with Crippen LogP contribution in [0.4, 0.5) is 0 Å². The van der Waals surface area contributed by atoms with Crippen molar-refractivity contribution in [3.05, 3.63) is 28.2 Å². The van der Waals surface area contributed by atoms with Gasteiger partial charge in [0.05, 0.1) is 9.89 Å². The molecule has 0 aliphatic heterocycles. The van der Waals surface area contributed by atoms with E-state index in [1.807, 2.05) is 18.2 Å². The van der Waals surface area contributed by atoms with E-state index in [0.29, 0.717) is 18.7 Å². The zero-order valence-electron chi connectivity index (χ0n) is 10.6. The van der Waals surface area contributed by atoms with Gasteiger partial charge in [-0.25, -0.2) is 0 Å². The summed E-state index contributed by atoms with van der Waals surface area (Å²) >= 11 is 3.41. The highest BCUT2D eigenvalue weighted by Gasteiger charge is 2.28. The van der Waals surface area contributed by atoms with Crippen LogP contribution in [0.2, 0.25) is 0 Å². The molecule has 18 heavy (non-hydrogen) atoms. The molecule has 1 aromatic rings. The zero-order chi connectivity index (χ0) is 13.8. The lowest BCUT2D eigenvalue weighted by Crippen LogP contribution is -2.31. The highest BCUT2D eigenvalue weighted by Crippen LogP contribution is 2.31. The summed E-state index contributed by atoms with van der Waals surface area (Å²) in [5, 5.41) is 9.05. The fraction of sp³-hybridized carbons (Fsp3) is 0.462. The Hall–Kier alpha value is -1.07. The van der Waals surface area contributed by atoms with Crippen LogP contribution in [0.15, 0.2) is 22.7 Å². The van der Waals surface area contributed by atoms with Crippen LogP contribution in [-0.4, -0.2) is 24.2 Å². The average Bonchev–Trinajstić information content (AvgIpc) is 2.28. The quantitative estimate of drug-likeness (QED) is 0.845. The summed E-state index contributed by atoms with van der Waals surface area (Å²) in [6.45, 7) is 3.90. The van der Waals surface area contributed by atoms with Crippen molar-refractivity contribution in [1.29, 1.82) is 0 Å². The zero-order valence-corrected chi connectivity index (χ0v) is 12.2. The third-order valence-corrected chi connectivity index (χ3v) is 3.24. The topological polar surface area (TPSA) is 72.5 Å². The van der Waals surface area contributed by atoms with Crippen molar-refractivity contribution >= 4 is 21.9 Å². The van der Waals surface area contributed by atoms with Crippen molar-refractivity contribution in [3.8, 4) is 5.75 Å². The number of nitrogens with two attached hydrogens (primary N) is 1. The van der Waals surface area contributed by atoms with Crippen LogP contribution in [0.25, 0.3) is 0 Å². The van der Waals surface area contributed by atoms with E-state index in [-0.39, 0.29) is 6.61 Å². The van der Waals surface area contributed by atoms with E-state index >= 15 is 0 Å². The second kappa shape index (κ2) is 6.20. The molecule has 0 atom stereocenters. The summed E-state index contributed by atoms with van der Waals surface area (Å²) in [6, 6.07) is 5.70. The highest BCUT2D eigenvalue weighted by molar-refractivity contribution is 9.10. The molecule has 0 unspecified atom stereocenters. The van der Waals surface area contributed by atoms with Crippen molar-refractivity contribution in [2.45, 2.75) is 20.3 Å². The van der Waals surface area contributed by atoms with Gasteiger partial charge in [0.25, 0.3) is 0 Å². The Morgan fingerprint density at radius 2 is 2.17 bits per heavy atom. The molecular weight excluding hydrogens is 298 g/mol. The third kappa shape index (κ3) is 3.71. The smallest absolute Gasteiger partial charge is 0.312 e.